The normalized spacial score (nSPS) is 30.4. The highest BCUT2D eigenvalue weighted by atomic mass is 16.1. The van der Waals surface area contributed by atoms with Crippen molar-refractivity contribution < 1.29 is 4.79 Å². The molecule has 0 radical (unpaired) electrons. The summed E-state index contributed by atoms with van der Waals surface area (Å²) in [6.07, 6.45) is 8.70. The van der Waals surface area contributed by atoms with Gasteiger partial charge < -0.3 is 4.90 Å². The Morgan fingerprint density at radius 1 is 1.10 bits per heavy atom. The summed E-state index contributed by atoms with van der Waals surface area (Å²) in [4.78, 5) is 15.1. The van der Waals surface area contributed by atoms with Gasteiger partial charge in [0, 0.05) is 17.9 Å². The summed E-state index contributed by atoms with van der Waals surface area (Å²) in [5.74, 6) is 0.820. The van der Waals surface area contributed by atoms with Crippen LogP contribution < -0.4 is 0 Å². The molecule has 2 heteroatoms. The van der Waals surface area contributed by atoms with Crippen LogP contribution in [0.3, 0.4) is 0 Å². The highest BCUT2D eigenvalue weighted by Gasteiger charge is 2.39. The third-order valence-corrected chi connectivity index (χ3v) is 6.29. The smallest absolute Gasteiger partial charge is 0.142 e. The van der Waals surface area contributed by atoms with E-state index >= 15 is 0 Å². The van der Waals surface area contributed by atoms with Gasteiger partial charge in [-0.15, -0.1) is 0 Å². The Kier molecular flexibility index (Phi) is 4.94. The van der Waals surface area contributed by atoms with Gasteiger partial charge in [-0.05, 0) is 44.2 Å². The molecule has 2 rings (SSSR count). The summed E-state index contributed by atoms with van der Waals surface area (Å²) in [5, 5.41) is 0. The van der Waals surface area contributed by atoms with Crippen LogP contribution in [0.1, 0.15) is 72.6 Å². The molecule has 1 unspecified atom stereocenters. The van der Waals surface area contributed by atoms with Crippen molar-refractivity contribution in [3.05, 3.63) is 0 Å². The third-order valence-electron chi connectivity index (χ3n) is 6.29. The molecule has 0 spiro atoms. The number of carbonyl (C=O) groups excluding carboxylic acids is 1. The van der Waals surface area contributed by atoms with Gasteiger partial charge in [-0.25, -0.2) is 0 Å². The zero-order valence-corrected chi connectivity index (χ0v) is 14.0. The predicted molar refractivity (Wildman–Crippen MR) is 84.8 cm³/mol. The van der Waals surface area contributed by atoms with E-state index in [1.165, 1.54) is 45.2 Å². The number of piperidine rings is 1. The standard InChI is InChI=1S/C18H33NO/c1-5-18(6-2)10-12-19(13-11-18)14-15-8-7-9-17(3,4)16(15)20/h15H,5-14H2,1-4H3. The lowest BCUT2D eigenvalue weighted by Gasteiger charge is -2.43. The molecule has 116 valence electrons. The van der Waals surface area contributed by atoms with E-state index in [0.717, 1.165) is 19.4 Å². The van der Waals surface area contributed by atoms with Gasteiger partial charge in [0.25, 0.3) is 0 Å². The van der Waals surface area contributed by atoms with Crippen molar-refractivity contribution in [1.82, 2.24) is 4.90 Å². The second-order valence-corrected chi connectivity index (χ2v) is 7.85. The Balaban J connectivity index is 1.88. The first kappa shape index (κ1) is 16.0. The molecule has 0 aromatic carbocycles. The van der Waals surface area contributed by atoms with Crippen molar-refractivity contribution >= 4 is 5.78 Å². The lowest BCUT2D eigenvalue weighted by atomic mass is 9.70. The van der Waals surface area contributed by atoms with E-state index < -0.39 is 0 Å². The maximum atomic E-state index is 12.5. The predicted octanol–water partition coefficient (Wildman–Crippen LogP) is 4.28. The fourth-order valence-corrected chi connectivity index (χ4v) is 4.25. The molecule has 1 atom stereocenters. The first-order valence-corrected chi connectivity index (χ1v) is 8.69. The second-order valence-electron chi connectivity index (χ2n) is 7.85. The van der Waals surface area contributed by atoms with Gasteiger partial charge in [0.2, 0.25) is 0 Å². The lowest BCUT2D eigenvalue weighted by molar-refractivity contribution is -0.135. The van der Waals surface area contributed by atoms with E-state index in [4.69, 9.17) is 0 Å². The topological polar surface area (TPSA) is 20.3 Å². The van der Waals surface area contributed by atoms with E-state index in [2.05, 4.69) is 32.6 Å². The van der Waals surface area contributed by atoms with Crippen molar-refractivity contribution in [1.29, 1.82) is 0 Å². The maximum absolute atomic E-state index is 12.5. The molecule has 2 fully saturated rings. The average Bonchev–Trinajstić information content (AvgIpc) is 2.45. The van der Waals surface area contributed by atoms with Gasteiger partial charge in [0.1, 0.15) is 5.78 Å². The van der Waals surface area contributed by atoms with Gasteiger partial charge in [0.05, 0.1) is 0 Å². The maximum Gasteiger partial charge on any atom is 0.142 e. The van der Waals surface area contributed by atoms with Crippen LogP contribution >= 0.6 is 0 Å². The van der Waals surface area contributed by atoms with Crippen molar-refractivity contribution in [2.45, 2.75) is 72.6 Å². The summed E-state index contributed by atoms with van der Waals surface area (Å²) in [6.45, 7) is 12.4. The number of hydrogen-bond acceptors (Lipinski definition) is 2. The molecule has 0 aromatic rings. The average molecular weight is 279 g/mol. The summed E-state index contributed by atoms with van der Waals surface area (Å²) in [6, 6.07) is 0. The van der Waals surface area contributed by atoms with Crippen LogP contribution in [0.25, 0.3) is 0 Å². The van der Waals surface area contributed by atoms with E-state index in [9.17, 15) is 4.79 Å². The summed E-state index contributed by atoms with van der Waals surface area (Å²) in [5.41, 5.74) is 0.516. The Morgan fingerprint density at radius 2 is 1.70 bits per heavy atom. The summed E-state index contributed by atoms with van der Waals surface area (Å²) < 4.78 is 0. The number of nitrogens with zero attached hydrogens (tertiary/aromatic N) is 1. The van der Waals surface area contributed by atoms with Crippen LogP contribution in [0.4, 0.5) is 0 Å². The van der Waals surface area contributed by atoms with Crippen LogP contribution in [-0.4, -0.2) is 30.3 Å². The zero-order valence-electron chi connectivity index (χ0n) is 14.0. The van der Waals surface area contributed by atoms with Crippen LogP contribution in [0.5, 0.6) is 0 Å². The van der Waals surface area contributed by atoms with Gasteiger partial charge in [-0.3, -0.25) is 4.79 Å². The molecule has 1 aliphatic heterocycles. The van der Waals surface area contributed by atoms with Crippen LogP contribution in [0.15, 0.2) is 0 Å². The van der Waals surface area contributed by atoms with Crippen molar-refractivity contribution in [3.8, 4) is 0 Å². The number of ketones is 1. The van der Waals surface area contributed by atoms with Crippen LogP contribution in [-0.2, 0) is 4.79 Å². The molecule has 1 saturated carbocycles. The molecule has 2 nitrogen and oxygen atoms in total. The fraction of sp³-hybridized carbons (Fsp3) is 0.944. The van der Waals surface area contributed by atoms with Gasteiger partial charge in [-0.2, -0.15) is 0 Å². The van der Waals surface area contributed by atoms with E-state index in [1.807, 2.05) is 0 Å². The van der Waals surface area contributed by atoms with Crippen molar-refractivity contribution in [3.63, 3.8) is 0 Å². The SMILES string of the molecule is CCC1(CC)CCN(CC2CCCC(C)(C)C2=O)CC1. The highest BCUT2D eigenvalue weighted by molar-refractivity contribution is 5.87. The largest absolute Gasteiger partial charge is 0.303 e. The molecule has 2 aliphatic rings. The summed E-state index contributed by atoms with van der Waals surface area (Å²) in [7, 11) is 0. The molecular weight excluding hydrogens is 246 g/mol. The monoisotopic (exact) mass is 279 g/mol. The Bertz CT molecular complexity index is 333. The first-order valence-electron chi connectivity index (χ1n) is 8.69. The van der Waals surface area contributed by atoms with Gasteiger partial charge >= 0.3 is 0 Å². The molecule has 0 N–H and O–H groups in total. The van der Waals surface area contributed by atoms with Crippen molar-refractivity contribution in [2.75, 3.05) is 19.6 Å². The van der Waals surface area contributed by atoms with Gasteiger partial charge in [-0.1, -0.05) is 47.0 Å². The molecule has 0 aromatic heterocycles. The van der Waals surface area contributed by atoms with Crippen molar-refractivity contribution in [2.24, 2.45) is 16.7 Å². The number of Topliss-reactive ketones (excluding diaryl/α,β-unsaturated/α-hetero) is 1. The van der Waals surface area contributed by atoms with E-state index in [-0.39, 0.29) is 5.41 Å². The molecule has 0 amide bonds. The Morgan fingerprint density at radius 3 is 2.25 bits per heavy atom. The minimum Gasteiger partial charge on any atom is -0.303 e. The minimum atomic E-state index is -0.0741. The molecule has 0 bridgehead atoms. The van der Waals surface area contributed by atoms with Crippen LogP contribution in [0.2, 0.25) is 0 Å². The number of rotatable bonds is 4. The molecule has 1 aliphatic carbocycles. The number of likely N-dealkylation sites (tertiary alicyclic amines) is 1. The molecule has 1 saturated heterocycles. The molecular formula is C18H33NO. The highest BCUT2D eigenvalue weighted by Crippen LogP contribution is 2.39. The molecule has 1 heterocycles. The first-order chi connectivity index (χ1) is 9.42. The number of carbonyl (C=O) groups is 1. The second kappa shape index (κ2) is 6.17. The van der Waals surface area contributed by atoms with Crippen LogP contribution in [0, 0.1) is 16.7 Å². The minimum absolute atomic E-state index is 0.0741. The summed E-state index contributed by atoms with van der Waals surface area (Å²) >= 11 is 0. The lowest BCUT2D eigenvalue weighted by Crippen LogP contribution is -2.46. The Hall–Kier alpha value is -0.370. The third kappa shape index (κ3) is 3.27. The van der Waals surface area contributed by atoms with E-state index in [0.29, 0.717) is 17.1 Å². The quantitative estimate of drug-likeness (QED) is 0.765. The van der Waals surface area contributed by atoms with E-state index in [1.54, 1.807) is 0 Å². The van der Waals surface area contributed by atoms with Gasteiger partial charge in [0.15, 0.2) is 0 Å². The fourth-order valence-electron chi connectivity index (χ4n) is 4.25. The zero-order chi connectivity index (χ0) is 14.8. The molecule has 20 heavy (non-hydrogen) atoms. The number of hydrogen-bond donors (Lipinski definition) is 0. The Labute approximate surface area is 125 Å².